The van der Waals surface area contributed by atoms with Crippen LogP contribution in [0.1, 0.15) is 24.0 Å². The van der Waals surface area contributed by atoms with E-state index in [2.05, 4.69) is 10.4 Å². The maximum atomic E-state index is 12.0. The third-order valence-electron chi connectivity index (χ3n) is 3.22. The quantitative estimate of drug-likeness (QED) is 0.881. The molecule has 112 valence electrons. The maximum absolute atomic E-state index is 12.0. The van der Waals surface area contributed by atoms with Crippen LogP contribution in [0.3, 0.4) is 0 Å². The minimum Gasteiger partial charge on any atom is -0.380 e. The standard InChI is InChI=1S/C15H19N3O3/c1-18-14(19)7-6-13(17-18)15(20)16-9-11-4-3-5-12(8-11)10-21-2/h3-5,8H,6-7,9-10H2,1-2H3,(H,16,20). The number of hydrazone groups is 1. The number of ether oxygens (including phenoxy) is 1. The normalized spacial score (nSPS) is 14.9. The molecular formula is C15H19N3O3. The van der Waals surface area contributed by atoms with E-state index in [1.165, 1.54) is 5.01 Å². The molecule has 1 aliphatic heterocycles. The van der Waals surface area contributed by atoms with Crippen LogP contribution in [-0.4, -0.2) is 36.7 Å². The van der Waals surface area contributed by atoms with E-state index in [0.717, 1.165) is 11.1 Å². The maximum Gasteiger partial charge on any atom is 0.267 e. The van der Waals surface area contributed by atoms with Crippen LogP contribution in [0.15, 0.2) is 29.4 Å². The van der Waals surface area contributed by atoms with Gasteiger partial charge >= 0.3 is 0 Å². The van der Waals surface area contributed by atoms with E-state index in [9.17, 15) is 9.59 Å². The summed E-state index contributed by atoms with van der Waals surface area (Å²) in [5, 5.41) is 8.04. The molecule has 6 nitrogen and oxygen atoms in total. The third-order valence-corrected chi connectivity index (χ3v) is 3.22. The molecule has 1 aliphatic rings. The Kier molecular flexibility index (Phi) is 5.05. The van der Waals surface area contributed by atoms with Crippen molar-refractivity contribution in [1.29, 1.82) is 0 Å². The Bertz CT molecular complexity index is 569. The molecule has 1 aromatic carbocycles. The van der Waals surface area contributed by atoms with E-state index < -0.39 is 0 Å². The Balaban J connectivity index is 1.93. The summed E-state index contributed by atoms with van der Waals surface area (Å²) in [6.07, 6.45) is 0.713. The number of hydrogen-bond acceptors (Lipinski definition) is 4. The second-order valence-corrected chi connectivity index (χ2v) is 4.90. The fraction of sp³-hybridized carbons (Fsp3) is 0.400. The van der Waals surface area contributed by atoms with E-state index in [0.29, 0.717) is 31.7 Å². The van der Waals surface area contributed by atoms with Crippen molar-refractivity contribution in [3.05, 3.63) is 35.4 Å². The predicted octanol–water partition coefficient (Wildman–Crippen LogP) is 1.06. The molecule has 6 heteroatoms. The minimum absolute atomic E-state index is 0.0705. The molecule has 2 rings (SSSR count). The summed E-state index contributed by atoms with van der Waals surface area (Å²) in [7, 11) is 3.20. The van der Waals surface area contributed by atoms with Crippen molar-refractivity contribution < 1.29 is 14.3 Å². The molecule has 0 spiro atoms. The van der Waals surface area contributed by atoms with E-state index in [4.69, 9.17) is 4.74 Å². The SMILES string of the molecule is COCc1cccc(CNC(=O)C2=NN(C)C(=O)CC2)c1. The van der Waals surface area contributed by atoms with Crippen molar-refractivity contribution in [2.45, 2.75) is 26.0 Å². The van der Waals surface area contributed by atoms with Gasteiger partial charge in [0.1, 0.15) is 5.71 Å². The summed E-state index contributed by atoms with van der Waals surface area (Å²) in [4.78, 5) is 23.3. The van der Waals surface area contributed by atoms with Crippen molar-refractivity contribution in [1.82, 2.24) is 10.3 Å². The topological polar surface area (TPSA) is 71.0 Å². The minimum atomic E-state index is -0.230. The lowest BCUT2D eigenvalue weighted by molar-refractivity contribution is -0.130. The second kappa shape index (κ2) is 6.99. The van der Waals surface area contributed by atoms with Crippen LogP contribution >= 0.6 is 0 Å². The van der Waals surface area contributed by atoms with Gasteiger partial charge in [-0.25, -0.2) is 5.01 Å². The number of carbonyl (C=O) groups excluding carboxylic acids is 2. The molecule has 1 N–H and O–H groups in total. The van der Waals surface area contributed by atoms with Crippen LogP contribution < -0.4 is 5.32 Å². The van der Waals surface area contributed by atoms with Gasteiger partial charge in [-0.2, -0.15) is 5.10 Å². The molecule has 0 unspecified atom stereocenters. The van der Waals surface area contributed by atoms with Gasteiger partial charge in [0, 0.05) is 33.5 Å². The molecular weight excluding hydrogens is 270 g/mol. The molecule has 2 amide bonds. The van der Waals surface area contributed by atoms with E-state index in [-0.39, 0.29) is 11.8 Å². The largest absolute Gasteiger partial charge is 0.380 e. The van der Waals surface area contributed by atoms with Crippen LogP contribution in [0.2, 0.25) is 0 Å². The number of carbonyl (C=O) groups is 2. The first kappa shape index (κ1) is 15.2. The van der Waals surface area contributed by atoms with Gasteiger partial charge in [-0.05, 0) is 11.1 Å². The lowest BCUT2D eigenvalue weighted by Crippen LogP contribution is -2.37. The summed E-state index contributed by atoms with van der Waals surface area (Å²) < 4.78 is 5.08. The molecule has 0 saturated carbocycles. The number of benzene rings is 1. The van der Waals surface area contributed by atoms with Gasteiger partial charge in [0.25, 0.3) is 5.91 Å². The molecule has 1 aromatic rings. The Morgan fingerprint density at radius 1 is 1.38 bits per heavy atom. The number of nitrogens with one attached hydrogen (secondary N) is 1. The zero-order valence-corrected chi connectivity index (χ0v) is 12.3. The van der Waals surface area contributed by atoms with Crippen molar-refractivity contribution in [3.63, 3.8) is 0 Å². The van der Waals surface area contributed by atoms with Crippen molar-refractivity contribution >= 4 is 17.5 Å². The molecule has 0 aromatic heterocycles. The summed E-state index contributed by atoms with van der Waals surface area (Å²) in [5.74, 6) is -0.301. The van der Waals surface area contributed by atoms with E-state index in [1.807, 2.05) is 24.3 Å². The number of methoxy groups -OCH3 is 1. The summed E-state index contributed by atoms with van der Waals surface area (Å²) in [6.45, 7) is 0.967. The van der Waals surface area contributed by atoms with Crippen LogP contribution in [0.25, 0.3) is 0 Å². The molecule has 0 radical (unpaired) electrons. The second-order valence-electron chi connectivity index (χ2n) is 4.90. The van der Waals surface area contributed by atoms with Crippen LogP contribution in [0.4, 0.5) is 0 Å². The molecule has 0 fully saturated rings. The highest BCUT2D eigenvalue weighted by molar-refractivity contribution is 6.39. The van der Waals surface area contributed by atoms with Crippen LogP contribution in [0, 0.1) is 0 Å². The smallest absolute Gasteiger partial charge is 0.267 e. The van der Waals surface area contributed by atoms with Crippen LogP contribution in [0.5, 0.6) is 0 Å². The zero-order valence-electron chi connectivity index (χ0n) is 12.3. The molecule has 21 heavy (non-hydrogen) atoms. The predicted molar refractivity (Wildman–Crippen MR) is 78.4 cm³/mol. The van der Waals surface area contributed by atoms with Crippen molar-refractivity contribution in [2.75, 3.05) is 14.2 Å². The fourth-order valence-electron chi connectivity index (χ4n) is 2.11. The average molecular weight is 289 g/mol. The van der Waals surface area contributed by atoms with E-state index >= 15 is 0 Å². The number of nitrogens with zero attached hydrogens (tertiary/aromatic N) is 2. The van der Waals surface area contributed by atoms with Gasteiger partial charge < -0.3 is 10.1 Å². The molecule has 0 atom stereocenters. The van der Waals surface area contributed by atoms with Gasteiger partial charge in [0.2, 0.25) is 5.91 Å². The van der Waals surface area contributed by atoms with Crippen molar-refractivity contribution in [2.24, 2.45) is 5.10 Å². The monoisotopic (exact) mass is 289 g/mol. The van der Waals surface area contributed by atoms with Crippen molar-refractivity contribution in [3.8, 4) is 0 Å². The Morgan fingerprint density at radius 2 is 2.14 bits per heavy atom. The first-order valence-electron chi connectivity index (χ1n) is 6.79. The van der Waals surface area contributed by atoms with Gasteiger partial charge in [-0.1, -0.05) is 24.3 Å². The first-order chi connectivity index (χ1) is 10.1. The number of amides is 2. The summed E-state index contributed by atoms with van der Waals surface area (Å²) in [6, 6.07) is 7.83. The van der Waals surface area contributed by atoms with Crippen LogP contribution in [-0.2, 0) is 27.5 Å². The van der Waals surface area contributed by atoms with Gasteiger partial charge in [0.15, 0.2) is 0 Å². The number of hydrogen-bond donors (Lipinski definition) is 1. The Morgan fingerprint density at radius 3 is 2.86 bits per heavy atom. The Hall–Kier alpha value is -2.21. The highest BCUT2D eigenvalue weighted by Gasteiger charge is 2.21. The number of rotatable bonds is 5. The van der Waals surface area contributed by atoms with Gasteiger partial charge in [-0.3, -0.25) is 9.59 Å². The molecule has 1 heterocycles. The highest BCUT2D eigenvalue weighted by atomic mass is 16.5. The van der Waals surface area contributed by atoms with E-state index in [1.54, 1.807) is 14.2 Å². The average Bonchev–Trinajstić information content (AvgIpc) is 2.48. The fourth-order valence-corrected chi connectivity index (χ4v) is 2.11. The van der Waals surface area contributed by atoms with Gasteiger partial charge in [-0.15, -0.1) is 0 Å². The molecule has 0 saturated heterocycles. The zero-order chi connectivity index (χ0) is 15.2. The first-order valence-corrected chi connectivity index (χ1v) is 6.79. The molecule has 0 bridgehead atoms. The third kappa shape index (κ3) is 4.13. The highest BCUT2D eigenvalue weighted by Crippen LogP contribution is 2.08. The summed E-state index contributed by atoms with van der Waals surface area (Å²) in [5.41, 5.74) is 2.45. The lowest BCUT2D eigenvalue weighted by atomic mass is 10.1. The lowest BCUT2D eigenvalue weighted by Gasteiger charge is -2.18. The molecule has 0 aliphatic carbocycles. The summed E-state index contributed by atoms with van der Waals surface area (Å²) >= 11 is 0. The van der Waals surface area contributed by atoms with Gasteiger partial charge in [0.05, 0.1) is 6.61 Å². The Labute approximate surface area is 123 Å².